The van der Waals surface area contributed by atoms with E-state index in [-0.39, 0.29) is 30.8 Å². The van der Waals surface area contributed by atoms with E-state index >= 15 is 0 Å². The minimum atomic E-state index is -0.266. The van der Waals surface area contributed by atoms with Gasteiger partial charge in [0, 0.05) is 24.0 Å². The Balaban J connectivity index is 1.45. The van der Waals surface area contributed by atoms with Crippen molar-refractivity contribution in [3.8, 4) is 17.2 Å². The third-order valence-electron chi connectivity index (χ3n) is 5.20. The molecular formula is C26H27ClN8O3. The highest BCUT2D eigenvalue weighted by molar-refractivity contribution is 6.32. The molecule has 0 unspecified atom stereocenters. The number of benzene rings is 1. The molecule has 3 heterocycles. The molecule has 0 aliphatic rings. The molecule has 3 aromatic heterocycles. The summed E-state index contributed by atoms with van der Waals surface area (Å²) in [5, 5.41) is 6.35. The fraction of sp³-hybridized carbons (Fsp3) is 0.192. The number of ether oxygens (including phenoxy) is 1. The smallest absolute Gasteiger partial charge is 0.248 e. The Bertz CT molecular complexity index is 1430. The molecule has 4 N–H and O–H groups in total. The van der Waals surface area contributed by atoms with Crippen LogP contribution in [0.4, 0.5) is 17.3 Å². The summed E-state index contributed by atoms with van der Waals surface area (Å²) in [7, 11) is 3.72. The molecule has 0 saturated carbocycles. The summed E-state index contributed by atoms with van der Waals surface area (Å²) in [6.45, 7) is 4.69. The van der Waals surface area contributed by atoms with Crippen molar-refractivity contribution in [2.24, 2.45) is 0 Å². The molecule has 12 heteroatoms. The number of carbonyl (C=O) groups is 1. The molecule has 11 nitrogen and oxygen atoms in total. The van der Waals surface area contributed by atoms with Crippen molar-refractivity contribution in [3.05, 3.63) is 83.7 Å². The maximum Gasteiger partial charge on any atom is 0.248 e. The van der Waals surface area contributed by atoms with E-state index in [1.165, 1.54) is 12.6 Å². The Morgan fingerprint density at radius 3 is 2.76 bits per heavy atom. The molecule has 0 aliphatic heterocycles. The van der Waals surface area contributed by atoms with Crippen molar-refractivity contribution in [3.63, 3.8) is 0 Å². The van der Waals surface area contributed by atoms with Gasteiger partial charge in [0.1, 0.15) is 42.1 Å². The van der Waals surface area contributed by atoms with Gasteiger partial charge in [-0.3, -0.25) is 9.78 Å². The SMILES string of the molecule is C=C(CN(C)C)C(=O)NCc1coc(-c2c(N)ncnc2Nc2ccc(OCc3ccccn3)c(Cl)c2)n1. The highest BCUT2D eigenvalue weighted by Gasteiger charge is 2.19. The Labute approximate surface area is 224 Å². The predicted molar refractivity (Wildman–Crippen MR) is 145 cm³/mol. The van der Waals surface area contributed by atoms with Gasteiger partial charge in [0.25, 0.3) is 0 Å². The third kappa shape index (κ3) is 6.84. The van der Waals surface area contributed by atoms with Crippen LogP contribution in [-0.2, 0) is 17.9 Å². The Morgan fingerprint density at radius 2 is 2.03 bits per heavy atom. The van der Waals surface area contributed by atoms with Gasteiger partial charge in [0.15, 0.2) is 0 Å². The van der Waals surface area contributed by atoms with Crippen molar-refractivity contribution in [2.75, 3.05) is 31.7 Å². The quantitative estimate of drug-likeness (QED) is 0.243. The number of likely N-dealkylation sites (N-methyl/N-ethyl adjacent to an activating group) is 1. The average molecular weight is 535 g/mol. The number of nitrogens with two attached hydrogens (primary N) is 1. The van der Waals surface area contributed by atoms with Crippen molar-refractivity contribution in [1.82, 2.24) is 30.2 Å². The summed E-state index contributed by atoms with van der Waals surface area (Å²) in [5.74, 6) is 0.979. The molecule has 0 saturated heterocycles. The molecule has 0 fully saturated rings. The monoisotopic (exact) mass is 534 g/mol. The van der Waals surface area contributed by atoms with Crippen molar-refractivity contribution in [1.29, 1.82) is 0 Å². The van der Waals surface area contributed by atoms with Gasteiger partial charge in [-0.1, -0.05) is 24.2 Å². The van der Waals surface area contributed by atoms with Gasteiger partial charge in [-0.25, -0.2) is 15.0 Å². The van der Waals surface area contributed by atoms with Crippen molar-refractivity contribution >= 4 is 34.8 Å². The fourth-order valence-corrected chi connectivity index (χ4v) is 3.66. The number of oxazole rings is 1. The molecule has 0 aliphatic carbocycles. The first-order valence-corrected chi connectivity index (χ1v) is 11.9. The van der Waals surface area contributed by atoms with Gasteiger partial charge in [0.05, 0.1) is 23.0 Å². The number of nitrogen functional groups attached to an aromatic ring is 1. The van der Waals surface area contributed by atoms with Crippen LogP contribution >= 0.6 is 11.6 Å². The number of pyridine rings is 1. The van der Waals surface area contributed by atoms with E-state index in [1.54, 1.807) is 24.4 Å². The largest absolute Gasteiger partial charge is 0.486 e. The van der Waals surface area contributed by atoms with Crippen LogP contribution in [0.2, 0.25) is 5.02 Å². The first kappa shape index (κ1) is 26.6. The number of rotatable bonds is 11. The zero-order valence-electron chi connectivity index (χ0n) is 20.9. The van der Waals surface area contributed by atoms with Crippen LogP contribution in [-0.4, -0.2) is 51.4 Å². The number of amides is 1. The zero-order valence-corrected chi connectivity index (χ0v) is 21.7. The molecule has 0 spiro atoms. The summed E-state index contributed by atoms with van der Waals surface area (Å²) in [5.41, 5.74) is 8.88. The van der Waals surface area contributed by atoms with Crippen LogP contribution in [0.25, 0.3) is 11.5 Å². The first-order valence-electron chi connectivity index (χ1n) is 11.6. The maximum absolute atomic E-state index is 12.2. The Hall–Kier alpha value is -4.48. The molecule has 1 amide bonds. The first-order chi connectivity index (χ1) is 18.3. The van der Waals surface area contributed by atoms with Gasteiger partial charge >= 0.3 is 0 Å². The number of anilines is 3. The second kappa shape index (κ2) is 12.2. The third-order valence-corrected chi connectivity index (χ3v) is 5.49. The number of nitrogens with one attached hydrogen (secondary N) is 2. The molecule has 38 heavy (non-hydrogen) atoms. The fourth-order valence-electron chi connectivity index (χ4n) is 3.42. The summed E-state index contributed by atoms with van der Waals surface area (Å²) in [4.78, 5) is 31.1. The van der Waals surface area contributed by atoms with Crippen LogP contribution in [0.15, 0.2) is 71.8 Å². The number of hydrogen-bond acceptors (Lipinski definition) is 10. The summed E-state index contributed by atoms with van der Waals surface area (Å²) >= 11 is 6.45. The van der Waals surface area contributed by atoms with Gasteiger partial charge < -0.3 is 30.4 Å². The van der Waals surface area contributed by atoms with Gasteiger partial charge in [0.2, 0.25) is 11.8 Å². The lowest BCUT2D eigenvalue weighted by atomic mass is 10.2. The predicted octanol–water partition coefficient (Wildman–Crippen LogP) is 3.82. The molecule has 0 radical (unpaired) electrons. The number of carbonyl (C=O) groups excluding carboxylic acids is 1. The molecular weight excluding hydrogens is 508 g/mol. The van der Waals surface area contributed by atoms with E-state index in [0.717, 1.165) is 5.69 Å². The topological polar surface area (TPSA) is 144 Å². The summed E-state index contributed by atoms with van der Waals surface area (Å²) in [6, 6.07) is 10.8. The van der Waals surface area contributed by atoms with E-state index in [0.29, 0.717) is 45.7 Å². The summed E-state index contributed by atoms with van der Waals surface area (Å²) in [6.07, 6.45) is 4.47. The maximum atomic E-state index is 12.2. The van der Waals surface area contributed by atoms with Crippen molar-refractivity contribution < 1.29 is 13.9 Å². The van der Waals surface area contributed by atoms with Crippen LogP contribution in [0.5, 0.6) is 5.75 Å². The molecule has 0 atom stereocenters. The van der Waals surface area contributed by atoms with Gasteiger partial charge in [-0.05, 0) is 44.4 Å². The molecule has 4 rings (SSSR count). The standard InChI is InChI=1S/C26H27ClN8O3/c1-16(12-35(2)3)25(36)30-11-19-14-38-26(34-19)22-23(28)31-15-32-24(22)33-17-7-8-21(20(27)10-17)37-13-18-6-4-5-9-29-18/h4-10,14-15H,1,11-13H2,2-3H3,(H,30,36)(H3,28,31,32,33). The zero-order chi connectivity index (χ0) is 27.1. The van der Waals surface area contributed by atoms with Crippen molar-refractivity contribution in [2.45, 2.75) is 13.2 Å². The highest BCUT2D eigenvalue weighted by Crippen LogP contribution is 2.34. The average Bonchev–Trinajstić information content (AvgIpc) is 3.35. The number of hydrogen-bond donors (Lipinski definition) is 3. The number of halogens is 1. The van der Waals surface area contributed by atoms with Crippen LogP contribution < -0.4 is 21.1 Å². The molecule has 4 aromatic rings. The Morgan fingerprint density at radius 1 is 1.18 bits per heavy atom. The number of nitrogens with zero attached hydrogens (tertiary/aromatic N) is 5. The van der Waals surface area contributed by atoms with E-state index in [1.807, 2.05) is 37.2 Å². The second-order valence-electron chi connectivity index (χ2n) is 8.53. The number of aromatic nitrogens is 4. The van der Waals surface area contributed by atoms with E-state index in [9.17, 15) is 4.79 Å². The van der Waals surface area contributed by atoms with Gasteiger partial charge in [-0.15, -0.1) is 0 Å². The Kier molecular flexibility index (Phi) is 8.51. The molecule has 196 valence electrons. The lowest BCUT2D eigenvalue weighted by Crippen LogP contribution is -2.29. The summed E-state index contributed by atoms with van der Waals surface area (Å²) < 4.78 is 11.4. The lowest BCUT2D eigenvalue weighted by molar-refractivity contribution is -0.117. The molecule has 0 bridgehead atoms. The lowest BCUT2D eigenvalue weighted by Gasteiger charge is -2.12. The highest BCUT2D eigenvalue weighted by atomic mass is 35.5. The van der Waals surface area contributed by atoms with Crippen LogP contribution in [0.3, 0.4) is 0 Å². The van der Waals surface area contributed by atoms with E-state index in [2.05, 4.69) is 37.1 Å². The minimum absolute atomic E-state index is 0.153. The van der Waals surface area contributed by atoms with E-state index < -0.39 is 0 Å². The van der Waals surface area contributed by atoms with E-state index in [4.69, 9.17) is 26.5 Å². The molecule has 1 aromatic carbocycles. The normalized spacial score (nSPS) is 10.8. The van der Waals surface area contributed by atoms with Gasteiger partial charge in [-0.2, -0.15) is 0 Å². The van der Waals surface area contributed by atoms with Crippen LogP contribution in [0.1, 0.15) is 11.4 Å². The van der Waals surface area contributed by atoms with Crippen LogP contribution in [0, 0.1) is 0 Å². The second-order valence-corrected chi connectivity index (χ2v) is 8.94. The minimum Gasteiger partial charge on any atom is -0.486 e.